The maximum atomic E-state index is 5.95. The van der Waals surface area contributed by atoms with Crippen molar-refractivity contribution in [2.24, 2.45) is 5.92 Å². The number of piperidine rings is 1. The molecule has 118 valence electrons. The molecule has 3 rings (SSSR count). The lowest BCUT2D eigenvalue weighted by Gasteiger charge is -2.32. The Balaban J connectivity index is 1.49. The molecule has 3 nitrogen and oxygen atoms in total. The van der Waals surface area contributed by atoms with Gasteiger partial charge in [0.15, 0.2) is 0 Å². The number of likely N-dealkylation sites (tertiary alicyclic amines) is 1. The van der Waals surface area contributed by atoms with Crippen LogP contribution < -0.4 is 10.1 Å². The quantitative estimate of drug-likeness (QED) is 0.886. The second-order valence-corrected chi connectivity index (χ2v) is 6.22. The van der Waals surface area contributed by atoms with E-state index in [9.17, 15) is 0 Å². The maximum absolute atomic E-state index is 5.95. The fraction of sp³-hybridized carbons (Fsp3) is 0.474. The smallest absolute Gasteiger partial charge is 0.120 e. The first-order chi connectivity index (χ1) is 10.8. The van der Waals surface area contributed by atoms with E-state index in [1.54, 1.807) is 0 Å². The third-order valence-corrected chi connectivity index (χ3v) is 4.49. The van der Waals surface area contributed by atoms with E-state index in [4.69, 9.17) is 4.74 Å². The number of hydrogen-bond donors (Lipinski definition) is 1. The Morgan fingerprint density at radius 1 is 1.18 bits per heavy atom. The summed E-state index contributed by atoms with van der Waals surface area (Å²) in [5.74, 6) is 1.77. The molecule has 0 amide bonds. The minimum atomic E-state index is 0.768. The molecule has 0 aromatic heterocycles. The lowest BCUT2D eigenvalue weighted by Crippen LogP contribution is -2.40. The predicted octanol–water partition coefficient (Wildman–Crippen LogP) is 3.15. The Morgan fingerprint density at radius 3 is 2.91 bits per heavy atom. The van der Waals surface area contributed by atoms with Crippen LogP contribution in [0.5, 0.6) is 5.75 Å². The van der Waals surface area contributed by atoms with Crippen molar-refractivity contribution in [1.29, 1.82) is 0 Å². The summed E-state index contributed by atoms with van der Waals surface area (Å²) in [6, 6.07) is 14.7. The van der Waals surface area contributed by atoms with Gasteiger partial charge in [-0.25, -0.2) is 0 Å². The topological polar surface area (TPSA) is 24.5 Å². The van der Waals surface area contributed by atoms with Gasteiger partial charge in [0.05, 0.1) is 0 Å². The average molecular weight is 298 g/mol. The van der Waals surface area contributed by atoms with Gasteiger partial charge in [-0.2, -0.15) is 0 Å². The van der Waals surface area contributed by atoms with Crippen LogP contribution in [0.15, 0.2) is 42.5 Å². The van der Waals surface area contributed by atoms with Gasteiger partial charge in [0, 0.05) is 13.1 Å². The molecule has 1 fully saturated rings. The van der Waals surface area contributed by atoms with Crippen molar-refractivity contribution < 1.29 is 4.74 Å². The largest absolute Gasteiger partial charge is 0.492 e. The van der Waals surface area contributed by atoms with Gasteiger partial charge in [0.2, 0.25) is 0 Å². The van der Waals surface area contributed by atoms with Gasteiger partial charge < -0.3 is 10.1 Å². The molecule has 1 N–H and O–H groups in total. The van der Waals surface area contributed by atoms with Crippen LogP contribution in [0.1, 0.15) is 12.8 Å². The minimum absolute atomic E-state index is 0.768. The van der Waals surface area contributed by atoms with Crippen LogP contribution in [0.3, 0.4) is 0 Å². The molecular weight excluding hydrogens is 272 g/mol. The number of rotatable bonds is 6. The zero-order valence-corrected chi connectivity index (χ0v) is 13.4. The summed E-state index contributed by atoms with van der Waals surface area (Å²) < 4.78 is 5.95. The number of fused-ring (bicyclic) bond motifs is 1. The van der Waals surface area contributed by atoms with E-state index < -0.39 is 0 Å². The molecule has 2 aromatic carbocycles. The third-order valence-electron chi connectivity index (χ3n) is 4.49. The van der Waals surface area contributed by atoms with E-state index in [0.29, 0.717) is 0 Å². The number of hydrogen-bond acceptors (Lipinski definition) is 3. The zero-order valence-electron chi connectivity index (χ0n) is 13.4. The number of nitrogens with one attached hydrogen (secondary N) is 1. The van der Waals surface area contributed by atoms with Crippen LogP contribution >= 0.6 is 0 Å². The average Bonchev–Trinajstić information content (AvgIpc) is 2.55. The normalized spacial score (nSPS) is 19.4. The van der Waals surface area contributed by atoms with Gasteiger partial charge in [-0.05, 0) is 61.8 Å². The van der Waals surface area contributed by atoms with Crippen LogP contribution in [0.2, 0.25) is 0 Å². The van der Waals surface area contributed by atoms with Gasteiger partial charge in [0.1, 0.15) is 12.4 Å². The summed E-state index contributed by atoms with van der Waals surface area (Å²) in [6.45, 7) is 5.32. The van der Waals surface area contributed by atoms with Crippen molar-refractivity contribution in [1.82, 2.24) is 10.2 Å². The molecule has 1 unspecified atom stereocenters. The lowest BCUT2D eigenvalue weighted by atomic mass is 9.98. The highest BCUT2D eigenvalue weighted by atomic mass is 16.5. The highest BCUT2D eigenvalue weighted by Gasteiger charge is 2.18. The molecule has 0 aliphatic carbocycles. The van der Waals surface area contributed by atoms with Crippen molar-refractivity contribution in [3.8, 4) is 5.75 Å². The minimum Gasteiger partial charge on any atom is -0.492 e. The molecule has 0 radical (unpaired) electrons. The molecule has 0 saturated carbocycles. The van der Waals surface area contributed by atoms with Crippen molar-refractivity contribution >= 4 is 10.8 Å². The van der Waals surface area contributed by atoms with Crippen molar-refractivity contribution in [3.63, 3.8) is 0 Å². The van der Waals surface area contributed by atoms with E-state index in [2.05, 4.69) is 52.7 Å². The van der Waals surface area contributed by atoms with Crippen LogP contribution in [0.4, 0.5) is 0 Å². The highest BCUT2D eigenvalue weighted by Crippen LogP contribution is 2.21. The van der Waals surface area contributed by atoms with E-state index in [1.807, 2.05) is 7.05 Å². The highest BCUT2D eigenvalue weighted by molar-refractivity contribution is 5.83. The molecule has 0 spiro atoms. The fourth-order valence-electron chi connectivity index (χ4n) is 3.36. The monoisotopic (exact) mass is 298 g/mol. The molecule has 0 bridgehead atoms. The first-order valence-corrected chi connectivity index (χ1v) is 8.34. The van der Waals surface area contributed by atoms with E-state index in [-0.39, 0.29) is 0 Å². The standard InChI is InChI=1S/C19H26N2O/c1-20-14-16-5-4-10-21(15-16)11-12-22-19-9-8-17-6-2-3-7-18(17)13-19/h2-3,6-9,13,16,20H,4-5,10-12,14-15H2,1H3. The summed E-state index contributed by atoms with van der Waals surface area (Å²) >= 11 is 0. The first-order valence-electron chi connectivity index (χ1n) is 8.34. The number of nitrogens with zero attached hydrogens (tertiary/aromatic N) is 1. The zero-order chi connectivity index (χ0) is 15.2. The summed E-state index contributed by atoms with van der Waals surface area (Å²) in [4.78, 5) is 2.53. The van der Waals surface area contributed by atoms with Gasteiger partial charge >= 0.3 is 0 Å². The lowest BCUT2D eigenvalue weighted by molar-refractivity contribution is 0.147. The Labute approximate surface area is 133 Å². The Hall–Kier alpha value is -1.58. The second kappa shape index (κ2) is 7.61. The van der Waals surface area contributed by atoms with Crippen molar-refractivity contribution in [2.75, 3.05) is 39.8 Å². The van der Waals surface area contributed by atoms with Gasteiger partial charge in [0.25, 0.3) is 0 Å². The van der Waals surface area contributed by atoms with Crippen molar-refractivity contribution in [3.05, 3.63) is 42.5 Å². The molecule has 1 atom stereocenters. The summed E-state index contributed by atoms with van der Waals surface area (Å²) in [5.41, 5.74) is 0. The molecule has 1 aliphatic heterocycles. The number of ether oxygens (including phenoxy) is 1. The van der Waals surface area contributed by atoms with Crippen molar-refractivity contribution in [2.45, 2.75) is 12.8 Å². The van der Waals surface area contributed by atoms with Gasteiger partial charge in [-0.1, -0.05) is 30.3 Å². The molecule has 3 heteroatoms. The Morgan fingerprint density at radius 2 is 2.05 bits per heavy atom. The summed E-state index contributed by atoms with van der Waals surface area (Å²) in [5, 5.41) is 5.81. The molecule has 2 aromatic rings. The number of benzene rings is 2. The Bertz CT molecular complexity index is 597. The van der Waals surface area contributed by atoms with Gasteiger partial charge in [-0.3, -0.25) is 4.90 Å². The fourth-order valence-corrected chi connectivity index (χ4v) is 3.36. The van der Waals surface area contributed by atoms with Crippen LogP contribution in [0.25, 0.3) is 10.8 Å². The third kappa shape index (κ3) is 3.99. The summed E-state index contributed by atoms with van der Waals surface area (Å²) in [7, 11) is 2.04. The predicted molar refractivity (Wildman–Crippen MR) is 92.5 cm³/mol. The molecule has 22 heavy (non-hydrogen) atoms. The van der Waals surface area contributed by atoms with E-state index in [0.717, 1.165) is 31.4 Å². The van der Waals surface area contributed by atoms with Crippen LogP contribution in [-0.2, 0) is 0 Å². The molecule has 1 aliphatic rings. The van der Waals surface area contributed by atoms with E-state index in [1.165, 1.54) is 36.7 Å². The van der Waals surface area contributed by atoms with E-state index >= 15 is 0 Å². The van der Waals surface area contributed by atoms with Crippen LogP contribution in [0, 0.1) is 5.92 Å². The van der Waals surface area contributed by atoms with Crippen LogP contribution in [-0.4, -0.2) is 44.7 Å². The maximum Gasteiger partial charge on any atom is 0.120 e. The molecule has 1 saturated heterocycles. The molecular formula is C19H26N2O. The second-order valence-electron chi connectivity index (χ2n) is 6.22. The summed E-state index contributed by atoms with van der Waals surface area (Å²) in [6.07, 6.45) is 2.66. The molecule has 1 heterocycles. The first kappa shape index (κ1) is 15.3. The SMILES string of the molecule is CNCC1CCCN(CCOc2ccc3ccccc3c2)C1. The van der Waals surface area contributed by atoms with Gasteiger partial charge in [-0.15, -0.1) is 0 Å². The Kier molecular flexibility index (Phi) is 5.30.